The highest BCUT2D eigenvalue weighted by atomic mass is 28.3. The van der Waals surface area contributed by atoms with Crippen molar-refractivity contribution >= 4 is 8.07 Å². The third-order valence-electron chi connectivity index (χ3n) is 7.07. The van der Waals surface area contributed by atoms with Gasteiger partial charge in [0.25, 0.3) is 0 Å². The van der Waals surface area contributed by atoms with Crippen molar-refractivity contribution in [3.8, 4) is 0 Å². The van der Waals surface area contributed by atoms with Crippen LogP contribution < -0.4 is 0 Å². The number of ether oxygens (including phenoxy) is 5. The molecule has 3 aromatic carbocycles. The summed E-state index contributed by atoms with van der Waals surface area (Å²) in [6, 6.07) is 30.4. The van der Waals surface area contributed by atoms with E-state index in [1.165, 1.54) is 0 Å². The minimum atomic E-state index is -1.38. The lowest BCUT2D eigenvalue weighted by molar-refractivity contribution is -0.322. The van der Waals surface area contributed by atoms with Crippen molar-refractivity contribution in [2.75, 3.05) is 13.2 Å². The van der Waals surface area contributed by atoms with Crippen LogP contribution in [0, 0.1) is 0 Å². The molecular weight excluding hydrogens is 536 g/mol. The number of aliphatic hydroxyl groups is 2. The third-order valence-corrected chi connectivity index (χ3v) is 8.77. The van der Waals surface area contributed by atoms with E-state index in [0.717, 1.165) is 22.7 Å². The first-order chi connectivity index (χ1) is 19.8. The van der Waals surface area contributed by atoms with E-state index in [2.05, 4.69) is 19.6 Å². The molecule has 7 nitrogen and oxygen atoms in total. The van der Waals surface area contributed by atoms with Crippen LogP contribution in [0.15, 0.2) is 91.0 Å². The van der Waals surface area contributed by atoms with E-state index in [-0.39, 0.29) is 13.2 Å². The summed E-state index contributed by atoms with van der Waals surface area (Å²) in [6.45, 7) is 8.38. The van der Waals surface area contributed by atoms with E-state index in [4.69, 9.17) is 23.7 Å². The van der Waals surface area contributed by atoms with Gasteiger partial charge in [0.2, 0.25) is 0 Å². The first kappa shape index (κ1) is 31.5. The second kappa shape index (κ2) is 15.7. The van der Waals surface area contributed by atoms with E-state index in [9.17, 15) is 10.2 Å². The molecule has 222 valence electrons. The van der Waals surface area contributed by atoms with Crippen LogP contribution in [0.3, 0.4) is 0 Å². The number of rotatable bonds is 15. The van der Waals surface area contributed by atoms with E-state index >= 15 is 0 Å². The van der Waals surface area contributed by atoms with Crippen LogP contribution in [-0.4, -0.2) is 68.3 Å². The highest BCUT2D eigenvalue weighted by Crippen LogP contribution is 2.30. The Morgan fingerprint density at radius 1 is 0.707 bits per heavy atom. The highest BCUT2D eigenvalue weighted by molar-refractivity contribution is 6.76. The van der Waals surface area contributed by atoms with Crippen molar-refractivity contribution in [2.24, 2.45) is 0 Å². The molecule has 1 aliphatic rings. The zero-order valence-electron chi connectivity index (χ0n) is 24.3. The Hall–Kier alpha value is -2.40. The molecule has 0 radical (unpaired) electrons. The van der Waals surface area contributed by atoms with Gasteiger partial charge in [0.1, 0.15) is 30.5 Å². The van der Waals surface area contributed by atoms with Gasteiger partial charge in [-0.2, -0.15) is 0 Å². The van der Waals surface area contributed by atoms with Crippen LogP contribution in [0.5, 0.6) is 0 Å². The van der Waals surface area contributed by atoms with Gasteiger partial charge in [0, 0.05) is 14.7 Å². The molecule has 1 heterocycles. The summed E-state index contributed by atoms with van der Waals surface area (Å²) >= 11 is 0. The summed E-state index contributed by atoms with van der Waals surface area (Å²) in [5, 5.41) is 22.4. The van der Waals surface area contributed by atoms with Crippen molar-refractivity contribution in [2.45, 2.75) is 82.3 Å². The molecule has 0 amide bonds. The number of hydrogen-bond donors (Lipinski definition) is 2. The molecule has 1 saturated heterocycles. The first-order valence-corrected chi connectivity index (χ1v) is 18.1. The second-order valence-corrected chi connectivity index (χ2v) is 17.4. The zero-order valence-corrected chi connectivity index (χ0v) is 25.3. The Bertz CT molecular complexity index is 1130. The number of benzene rings is 3. The van der Waals surface area contributed by atoms with Crippen molar-refractivity contribution in [3.63, 3.8) is 0 Å². The second-order valence-electron chi connectivity index (χ2n) is 11.7. The minimum absolute atomic E-state index is 0.196. The van der Waals surface area contributed by atoms with Crippen LogP contribution in [0.1, 0.15) is 16.7 Å². The Kier molecular flexibility index (Phi) is 12.1. The highest BCUT2D eigenvalue weighted by Gasteiger charge is 2.49. The molecule has 0 bridgehead atoms. The molecule has 0 aromatic heterocycles. The molecule has 0 unspecified atom stereocenters. The van der Waals surface area contributed by atoms with Crippen molar-refractivity contribution < 1.29 is 33.9 Å². The molecular formula is C33H44O7Si. The fourth-order valence-corrected chi connectivity index (χ4v) is 5.35. The van der Waals surface area contributed by atoms with Gasteiger partial charge in [-0.05, 0) is 22.7 Å². The third kappa shape index (κ3) is 10.1. The molecule has 0 spiro atoms. The van der Waals surface area contributed by atoms with Gasteiger partial charge in [0.15, 0.2) is 6.29 Å². The van der Waals surface area contributed by atoms with Crippen molar-refractivity contribution in [1.29, 1.82) is 0 Å². The standard InChI is InChI=1S/C33H44O7Si/c1-41(2,3)20-19-37-33-30(35)29(34)32(39-23-27-17-11-6-12-18-27)31(40-33)28(38-22-26-15-9-5-10-16-26)24-36-21-25-13-7-4-8-14-25/h4-18,28-35H,19-24H2,1-3H3/t28-,29+,30-,31+,32-,33-/m0/s1. The Morgan fingerprint density at radius 2 is 1.24 bits per heavy atom. The van der Waals surface area contributed by atoms with Crippen LogP contribution in [0.4, 0.5) is 0 Å². The average molecular weight is 581 g/mol. The molecule has 1 fully saturated rings. The molecule has 3 aromatic rings. The molecule has 0 aliphatic carbocycles. The zero-order chi connectivity index (χ0) is 29.1. The minimum Gasteiger partial charge on any atom is -0.387 e. The van der Waals surface area contributed by atoms with Gasteiger partial charge in [0.05, 0.1) is 26.4 Å². The first-order valence-electron chi connectivity index (χ1n) is 14.4. The average Bonchev–Trinajstić information content (AvgIpc) is 2.97. The van der Waals surface area contributed by atoms with Crippen LogP contribution >= 0.6 is 0 Å². The van der Waals surface area contributed by atoms with Gasteiger partial charge in [-0.1, -0.05) is 111 Å². The molecule has 4 rings (SSSR count). The van der Waals surface area contributed by atoms with Crippen molar-refractivity contribution in [3.05, 3.63) is 108 Å². The van der Waals surface area contributed by atoms with Gasteiger partial charge in [-0.15, -0.1) is 0 Å². The van der Waals surface area contributed by atoms with E-state index in [1.54, 1.807) is 0 Å². The lowest BCUT2D eigenvalue weighted by Gasteiger charge is -2.45. The van der Waals surface area contributed by atoms with Crippen LogP contribution in [0.2, 0.25) is 25.7 Å². The maximum atomic E-state index is 11.3. The predicted molar refractivity (Wildman–Crippen MR) is 161 cm³/mol. The maximum absolute atomic E-state index is 11.3. The van der Waals surface area contributed by atoms with E-state index < -0.39 is 44.9 Å². The SMILES string of the molecule is C[Si](C)(C)CCO[C@H]1O[C@H]([C@H](COCc2ccccc2)OCc2ccccc2)[C@@H](OCc2ccccc2)[C@H](O)[C@@H]1O. The summed E-state index contributed by atoms with van der Waals surface area (Å²) in [7, 11) is -1.38. The smallest absolute Gasteiger partial charge is 0.186 e. The van der Waals surface area contributed by atoms with Crippen LogP contribution in [0.25, 0.3) is 0 Å². The summed E-state index contributed by atoms with van der Waals surface area (Å²) in [6.07, 6.45) is -5.76. The summed E-state index contributed by atoms with van der Waals surface area (Å²) in [5.74, 6) is 0. The van der Waals surface area contributed by atoms with E-state index in [0.29, 0.717) is 19.8 Å². The lowest BCUT2D eigenvalue weighted by atomic mass is 9.95. The van der Waals surface area contributed by atoms with Gasteiger partial charge in [-0.25, -0.2) is 0 Å². The normalized spacial score (nSPS) is 23.8. The lowest BCUT2D eigenvalue weighted by Crippen LogP contribution is -2.63. The summed E-state index contributed by atoms with van der Waals surface area (Å²) in [5.41, 5.74) is 2.99. The Labute approximate surface area is 245 Å². The van der Waals surface area contributed by atoms with Gasteiger partial charge >= 0.3 is 0 Å². The largest absolute Gasteiger partial charge is 0.387 e. The quantitative estimate of drug-likeness (QED) is 0.240. The Balaban J connectivity index is 1.54. The van der Waals surface area contributed by atoms with Crippen LogP contribution in [-0.2, 0) is 43.5 Å². The molecule has 0 saturated carbocycles. The van der Waals surface area contributed by atoms with Gasteiger partial charge < -0.3 is 33.9 Å². The summed E-state index contributed by atoms with van der Waals surface area (Å²) in [4.78, 5) is 0. The fraction of sp³-hybridized carbons (Fsp3) is 0.455. The van der Waals surface area contributed by atoms with Gasteiger partial charge in [-0.3, -0.25) is 0 Å². The fourth-order valence-electron chi connectivity index (χ4n) is 4.62. The molecule has 6 atom stereocenters. The number of aliphatic hydroxyl groups excluding tert-OH is 2. The topological polar surface area (TPSA) is 86.6 Å². The number of hydrogen-bond acceptors (Lipinski definition) is 7. The monoisotopic (exact) mass is 580 g/mol. The van der Waals surface area contributed by atoms with Crippen molar-refractivity contribution in [1.82, 2.24) is 0 Å². The predicted octanol–water partition coefficient (Wildman–Crippen LogP) is 5.18. The summed E-state index contributed by atoms with van der Waals surface area (Å²) < 4.78 is 31.2. The Morgan fingerprint density at radius 3 is 1.80 bits per heavy atom. The molecule has 41 heavy (non-hydrogen) atoms. The molecule has 2 N–H and O–H groups in total. The molecule has 8 heteroatoms. The maximum Gasteiger partial charge on any atom is 0.186 e. The van der Waals surface area contributed by atoms with E-state index in [1.807, 2.05) is 91.0 Å². The molecule has 1 aliphatic heterocycles.